The Morgan fingerprint density at radius 1 is 0.853 bits per heavy atom. The number of aliphatic imine (C=N–C) groups is 2. The third kappa shape index (κ3) is 8.16. The second kappa shape index (κ2) is 19.4. The van der Waals surface area contributed by atoms with Gasteiger partial charge in [-0.15, -0.1) is 0 Å². The first-order valence-electron chi connectivity index (χ1n) is 24.2. The summed E-state index contributed by atoms with van der Waals surface area (Å²) in [6.45, 7) is 17.4. The van der Waals surface area contributed by atoms with Crippen molar-refractivity contribution in [1.29, 1.82) is 0 Å². The van der Waals surface area contributed by atoms with Gasteiger partial charge in [0.05, 0.1) is 46.6 Å². The number of allylic oxidation sites excluding steroid dienone is 5. The summed E-state index contributed by atoms with van der Waals surface area (Å²) < 4.78 is 49.6. The SMILES string of the molecule is CCC1=C(CC)C2=NC1=Cc1[nH]c(c(CC)c1CC)C=C1[NH+]=C(C(=CN(C)C)C3=Nc4c2cc(S(=O)(=O)NC/C(c2ccc(=O)oc2)=c2\cco\c2=C/OC)cc4C3(CC)CC)C(CC)=C1CC. The summed E-state index contributed by atoms with van der Waals surface area (Å²) in [4.78, 5) is 33.4. The highest BCUT2D eigenvalue weighted by Crippen LogP contribution is 2.51. The van der Waals surface area contributed by atoms with Crippen LogP contribution in [0, 0.1) is 0 Å². The maximum atomic E-state index is 15.2. The molecule has 0 atom stereocenters. The van der Waals surface area contributed by atoms with Gasteiger partial charge in [0.15, 0.2) is 5.42 Å². The van der Waals surface area contributed by atoms with Crippen molar-refractivity contribution in [1.82, 2.24) is 14.6 Å². The van der Waals surface area contributed by atoms with Crippen LogP contribution in [0.15, 0.2) is 117 Å². The molecule has 0 unspecified atom stereocenters. The summed E-state index contributed by atoms with van der Waals surface area (Å²) in [6.07, 6.45) is 17.1. The fourth-order valence-corrected chi connectivity index (χ4v) is 11.9. The van der Waals surface area contributed by atoms with Gasteiger partial charge < -0.3 is 23.5 Å². The molecule has 1 aromatic carbocycles. The van der Waals surface area contributed by atoms with E-state index in [1.165, 1.54) is 54.2 Å². The van der Waals surface area contributed by atoms with Gasteiger partial charge in [0.25, 0.3) is 0 Å². The molecule has 4 aromatic rings. The van der Waals surface area contributed by atoms with Crippen LogP contribution >= 0.6 is 0 Å². The first kappa shape index (κ1) is 48.2. The fourth-order valence-electron chi connectivity index (χ4n) is 10.8. The molecule has 3 N–H and O–H groups in total. The molecule has 0 amide bonds. The molecule has 8 bridgehead atoms. The number of ether oxygens (including phenoxy) is 1. The summed E-state index contributed by atoms with van der Waals surface area (Å²) in [6, 6.07) is 8.25. The van der Waals surface area contributed by atoms with Crippen molar-refractivity contribution >= 4 is 56.8 Å². The standard InChI is InChI=1S/C55H64N6O6S/c1-12-34-35(13-2)46-27-48-37(15-4)39(17-6)52(59-48)43(29-61(9)10)54-55(18-7,19-8)44-25-33(24-41(53(44)60-54)51-38(16-5)36(14-3)47(58-51)26-45(34)57-46)68(63,64)56-28-42(32-20-21-50(62)67-30-32)40-22-23-66-49(40)31-65-11/h20-27,29-31,56-57H,12-19,28H2,1-11H3/p+1/b42-40-,43-29?,47-26?,48-27?,49-31-. The average Bonchev–Trinajstić information content (AvgIpc) is 4.16. The molecule has 0 fully saturated rings. The molecule has 0 saturated carbocycles. The van der Waals surface area contributed by atoms with Crippen LogP contribution in [0.3, 0.4) is 0 Å². The molecule has 0 radical (unpaired) electrons. The number of aromatic amines is 1. The zero-order valence-corrected chi connectivity index (χ0v) is 42.2. The van der Waals surface area contributed by atoms with E-state index in [1.54, 1.807) is 18.2 Å². The van der Waals surface area contributed by atoms with Gasteiger partial charge in [0, 0.05) is 83.3 Å². The number of methoxy groups -OCH3 is 1. The van der Waals surface area contributed by atoms with E-state index in [4.69, 9.17) is 23.6 Å². The highest BCUT2D eigenvalue weighted by Gasteiger charge is 2.48. The van der Waals surface area contributed by atoms with Crippen LogP contribution in [0.5, 0.6) is 0 Å². The quantitative estimate of drug-likeness (QED) is 0.110. The summed E-state index contributed by atoms with van der Waals surface area (Å²) in [5.41, 5.74) is 17.5. The van der Waals surface area contributed by atoms with Crippen LogP contribution in [0.1, 0.15) is 133 Å². The summed E-state index contributed by atoms with van der Waals surface area (Å²) in [5.74, 6) is 0. The third-order valence-corrected chi connectivity index (χ3v) is 15.5. The molecule has 68 heavy (non-hydrogen) atoms. The van der Waals surface area contributed by atoms with Crippen LogP contribution in [0.25, 0.3) is 24.0 Å². The van der Waals surface area contributed by atoms with Gasteiger partial charge in [-0.3, -0.25) is 4.99 Å². The van der Waals surface area contributed by atoms with Crippen molar-refractivity contribution in [2.45, 2.75) is 117 Å². The van der Waals surface area contributed by atoms with Crippen LogP contribution in [-0.4, -0.2) is 63.2 Å². The maximum Gasteiger partial charge on any atom is 0.335 e. The van der Waals surface area contributed by atoms with E-state index in [9.17, 15) is 4.79 Å². The monoisotopic (exact) mass is 937 g/mol. The van der Waals surface area contributed by atoms with E-state index < -0.39 is 21.1 Å². The van der Waals surface area contributed by atoms with Gasteiger partial charge >= 0.3 is 5.63 Å². The number of furan rings is 1. The van der Waals surface area contributed by atoms with Gasteiger partial charge in [-0.05, 0) is 115 Å². The van der Waals surface area contributed by atoms with Crippen molar-refractivity contribution in [3.8, 4) is 0 Å². The highest BCUT2D eigenvalue weighted by atomic mass is 32.2. The number of nitrogens with zero attached hydrogens (tertiary/aromatic N) is 3. The van der Waals surface area contributed by atoms with Crippen molar-refractivity contribution in [3.05, 3.63) is 149 Å². The molecular formula is C55H65N6O6S+. The van der Waals surface area contributed by atoms with Gasteiger partial charge in [-0.25, -0.2) is 27.9 Å². The van der Waals surface area contributed by atoms with Crippen molar-refractivity contribution in [3.63, 3.8) is 0 Å². The van der Waals surface area contributed by atoms with Crippen molar-refractivity contribution in [2.24, 2.45) is 9.98 Å². The molecule has 0 spiro atoms. The number of fused-ring (bicyclic) bond motifs is 5. The third-order valence-electron chi connectivity index (χ3n) is 14.1. The molecule has 13 heteroatoms. The van der Waals surface area contributed by atoms with Gasteiger partial charge in [-0.2, -0.15) is 0 Å². The lowest BCUT2D eigenvalue weighted by molar-refractivity contribution is -0.385. The number of benzene rings is 1. The maximum absolute atomic E-state index is 15.2. The van der Waals surface area contributed by atoms with E-state index in [1.807, 2.05) is 20.2 Å². The molecule has 12 nitrogen and oxygen atoms in total. The number of nitrogens with one attached hydrogen (secondary N) is 3. The Balaban J connectivity index is 1.44. The minimum atomic E-state index is -4.27. The second-order valence-corrected chi connectivity index (χ2v) is 19.6. The first-order chi connectivity index (χ1) is 32.8. The Kier molecular flexibility index (Phi) is 13.7. The number of sulfonamides is 1. The van der Waals surface area contributed by atoms with Crippen molar-refractivity contribution in [2.75, 3.05) is 27.7 Å². The predicted octanol–water partition coefficient (Wildman–Crippen LogP) is 7.80. The lowest BCUT2D eigenvalue weighted by Gasteiger charge is -2.31. The topological polar surface area (TPSA) is 156 Å². The largest absolute Gasteiger partial charge is 0.500 e. The summed E-state index contributed by atoms with van der Waals surface area (Å²) in [5, 5.41) is 0.579. The molecule has 4 aliphatic rings. The van der Waals surface area contributed by atoms with Gasteiger partial charge in [-0.1, -0.05) is 55.4 Å². The molecule has 0 saturated heterocycles. The number of hydrogen-bond acceptors (Lipinski definition) is 9. The molecule has 8 rings (SSSR count). The second-order valence-electron chi connectivity index (χ2n) is 17.8. The lowest BCUT2D eigenvalue weighted by atomic mass is 9.69. The zero-order chi connectivity index (χ0) is 48.7. The minimum absolute atomic E-state index is 0.0996. The van der Waals surface area contributed by atoms with E-state index in [-0.39, 0.29) is 11.4 Å². The van der Waals surface area contributed by atoms with Gasteiger partial charge in [0.1, 0.15) is 12.5 Å². The predicted molar refractivity (Wildman–Crippen MR) is 273 cm³/mol. The van der Waals surface area contributed by atoms with Crippen LogP contribution < -0.4 is 26.0 Å². The lowest BCUT2D eigenvalue weighted by Crippen LogP contribution is -2.69. The number of hydrogen-bond donors (Lipinski definition) is 3. The molecule has 0 aliphatic carbocycles. The van der Waals surface area contributed by atoms with E-state index in [0.717, 1.165) is 100.0 Å². The molecule has 3 aromatic heterocycles. The Hall–Kier alpha value is -6.31. The van der Waals surface area contributed by atoms with Crippen LogP contribution in [0.4, 0.5) is 5.69 Å². The highest BCUT2D eigenvalue weighted by molar-refractivity contribution is 7.89. The van der Waals surface area contributed by atoms with Crippen LogP contribution in [-0.2, 0) is 33.0 Å². The minimum Gasteiger partial charge on any atom is -0.500 e. The molecule has 4 aliphatic heterocycles. The zero-order valence-electron chi connectivity index (χ0n) is 41.4. The molecular weight excluding hydrogens is 873 g/mol. The Labute approximate surface area is 400 Å². The fraction of sp³-hybridized carbons (Fsp3) is 0.382. The number of aromatic nitrogens is 1. The Morgan fingerprint density at radius 2 is 1.54 bits per heavy atom. The Morgan fingerprint density at radius 3 is 2.15 bits per heavy atom. The normalized spacial score (nSPS) is 17.7. The van der Waals surface area contributed by atoms with E-state index in [0.29, 0.717) is 46.6 Å². The smallest absolute Gasteiger partial charge is 0.335 e. The van der Waals surface area contributed by atoms with Gasteiger partial charge in [0.2, 0.25) is 21.4 Å². The number of rotatable bonds is 15. The van der Waals surface area contributed by atoms with Crippen molar-refractivity contribution < 1.29 is 27.0 Å². The Bertz CT molecular complexity index is 3240. The molecule has 356 valence electrons. The average molecular weight is 938 g/mol. The van der Waals surface area contributed by atoms with E-state index >= 15 is 8.42 Å². The molecule has 7 heterocycles. The number of H-pyrrole nitrogens is 1. The van der Waals surface area contributed by atoms with Crippen LogP contribution in [0.2, 0.25) is 0 Å². The first-order valence-corrected chi connectivity index (χ1v) is 25.7. The van der Waals surface area contributed by atoms with E-state index in [2.05, 4.69) is 93.3 Å². The summed E-state index contributed by atoms with van der Waals surface area (Å²) >= 11 is 0. The summed E-state index contributed by atoms with van der Waals surface area (Å²) in [7, 11) is 1.32.